The van der Waals surface area contributed by atoms with Crippen LogP contribution in [0, 0.1) is 0 Å². The molecule has 28 heavy (non-hydrogen) atoms. The molecule has 0 spiro atoms. The molecule has 0 bridgehead atoms. The van der Waals surface area contributed by atoms with Crippen molar-refractivity contribution in [2.24, 2.45) is 5.73 Å². The van der Waals surface area contributed by atoms with Gasteiger partial charge >= 0.3 is 6.18 Å². The summed E-state index contributed by atoms with van der Waals surface area (Å²) in [5, 5.41) is 1.72. The number of rotatable bonds is 4. The largest absolute Gasteiger partial charge is 0.399 e. The van der Waals surface area contributed by atoms with Crippen LogP contribution in [-0.2, 0) is 6.54 Å². The van der Waals surface area contributed by atoms with Crippen LogP contribution in [0.5, 0.6) is 0 Å². The highest BCUT2D eigenvalue weighted by atomic mass is 35.5. The lowest BCUT2D eigenvalue weighted by Gasteiger charge is -2.18. The average molecular weight is 445 g/mol. The van der Waals surface area contributed by atoms with Crippen molar-refractivity contribution in [3.05, 3.63) is 86.4 Å². The maximum atomic E-state index is 13.7. The zero-order valence-corrected chi connectivity index (χ0v) is 16.7. The van der Waals surface area contributed by atoms with Crippen molar-refractivity contribution in [2.75, 3.05) is 0 Å². The Kier molecular flexibility index (Phi) is 6.25. The lowest BCUT2D eigenvalue weighted by molar-refractivity contribution is -0.139. The predicted molar refractivity (Wildman–Crippen MR) is 111 cm³/mol. The van der Waals surface area contributed by atoms with E-state index in [2.05, 4.69) is 0 Å². The van der Waals surface area contributed by atoms with E-state index in [1.165, 1.54) is 18.2 Å². The fraction of sp³-hybridized carbons (Fsp3) is 0.143. The number of alkyl halides is 3. The third-order valence-corrected chi connectivity index (χ3v) is 5.65. The van der Waals surface area contributed by atoms with Crippen LogP contribution in [0.15, 0.2) is 54.6 Å². The van der Waals surface area contributed by atoms with Gasteiger partial charge in [0.15, 0.2) is 0 Å². The van der Waals surface area contributed by atoms with Gasteiger partial charge in [0, 0.05) is 6.54 Å². The first-order valence-electron chi connectivity index (χ1n) is 8.32. The molecular formula is C21H15Cl3F3N. The van der Waals surface area contributed by atoms with Crippen LogP contribution in [0.3, 0.4) is 0 Å². The second kappa shape index (κ2) is 8.34. The maximum Gasteiger partial charge on any atom is 0.399 e. The number of hydrogen-bond donors (Lipinski definition) is 1. The van der Waals surface area contributed by atoms with Gasteiger partial charge < -0.3 is 5.73 Å². The molecule has 0 aliphatic heterocycles. The number of hydrogen-bond acceptors (Lipinski definition) is 1. The van der Waals surface area contributed by atoms with E-state index in [9.17, 15) is 13.2 Å². The highest BCUT2D eigenvalue weighted by molar-refractivity contribution is 6.48. The first kappa shape index (κ1) is 21.0. The van der Waals surface area contributed by atoms with Crippen LogP contribution in [0.25, 0.3) is 16.8 Å². The minimum Gasteiger partial charge on any atom is -0.326 e. The Morgan fingerprint density at radius 1 is 0.929 bits per heavy atom. The predicted octanol–water partition coefficient (Wildman–Crippen LogP) is 7.62. The van der Waals surface area contributed by atoms with Crippen molar-refractivity contribution >= 4 is 51.7 Å². The number of nitrogens with two attached hydrogens (primary N) is 1. The van der Waals surface area contributed by atoms with Crippen LogP contribution < -0.4 is 5.73 Å². The first-order chi connectivity index (χ1) is 13.2. The second-order valence-corrected chi connectivity index (χ2v) is 7.43. The number of allylic oxidation sites excluding steroid dienone is 1. The third-order valence-electron chi connectivity index (χ3n) is 4.45. The quantitative estimate of drug-likeness (QED) is 0.412. The molecule has 7 heteroatoms. The second-order valence-electron chi connectivity index (χ2n) is 6.24. The van der Waals surface area contributed by atoms with Crippen LogP contribution in [0.1, 0.15) is 22.6 Å². The monoisotopic (exact) mass is 443 g/mol. The molecule has 1 nitrogen and oxygen atoms in total. The molecule has 0 saturated carbocycles. The van der Waals surface area contributed by atoms with Gasteiger partial charge in [-0.25, -0.2) is 0 Å². The van der Waals surface area contributed by atoms with Crippen LogP contribution in [0.4, 0.5) is 13.2 Å². The van der Waals surface area contributed by atoms with E-state index in [1.807, 2.05) is 30.3 Å². The standard InChI is InChI=1S/C21H15Cl3F3N/c22-18-9-14(10-19(23)20(18)24)17(21(25,26)27)8-7-12-5-6-13(11-28)16-4-2-1-3-15(12)16/h1-10,17H,11,28H2/b8-7+. The summed E-state index contributed by atoms with van der Waals surface area (Å²) in [6.45, 7) is 0.345. The fourth-order valence-electron chi connectivity index (χ4n) is 3.07. The molecule has 0 aliphatic carbocycles. The molecule has 3 rings (SSSR count). The molecule has 2 N–H and O–H groups in total. The number of benzene rings is 3. The lowest BCUT2D eigenvalue weighted by atomic mass is 9.95. The minimum absolute atomic E-state index is 0.0236. The summed E-state index contributed by atoms with van der Waals surface area (Å²) in [6.07, 6.45) is -1.97. The summed E-state index contributed by atoms with van der Waals surface area (Å²) in [4.78, 5) is 0. The van der Waals surface area contributed by atoms with Crippen LogP contribution >= 0.6 is 34.8 Å². The van der Waals surface area contributed by atoms with E-state index < -0.39 is 12.1 Å². The summed E-state index contributed by atoms with van der Waals surface area (Å²) >= 11 is 17.7. The molecule has 1 unspecified atom stereocenters. The van der Waals surface area contributed by atoms with Crippen molar-refractivity contribution in [1.82, 2.24) is 0 Å². The molecular weight excluding hydrogens is 430 g/mol. The van der Waals surface area contributed by atoms with Gasteiger partial charge in [-0.15, -0.1) is 0 Å². The van der Waals surface area contributed by atoms with Crippen molar-refractivity contribution in [1.29, 1.82) is 0 Å². The molecule has 0 aromatic heterocycles. The molecule has 1 atom stereocenters. The maximum absolute atomic E-state index is 13.7. The zero-order chi connectivity index (χ0) is 20.5. The van der Waals surface area contributed by atoms with E-state index in [4.69, 9.17) is 40.5 Å². The Morgan fingerprint density at radius 3 is 2.11 bits per heavy atom. The smallest absolute Gasteiger partial charge is 0.326 e. The molecule has 3 aromatic rings. The summed E-state index contributed by atoms with van der Waals surface area (Å²) in [7, 11) is 0. The Morgan fingerprint density at radius 2 is 1.54 bits per heavy atom. The molecule has 3 aromatic carbocycles. The Hall–Kier alpha value is -1.72. The van der Waals surface area contributed by atoms with Gasteiger partial charge in [0.2, 0.25) is 0 Å². The van der Waals surface area contributed by atoms with E-state index in [-0.39, 0.29) is 20.6 Å². The molecule has 0 amide bonds. The zero-order valence-electron chi connectivity index (χ0n) is 14.4. The van der Waals surface area contributed by atoms with Crippen LogP contribution in [0.2, 0.25) is 15.1 Å². The number of fused-ring (bicyclic) bond motifs is 1. The van der Waals surface area contributed by atoms with Gasteiger partial charge in [-0.3, -0.25) is 0 Å². The summed E-state index contributed by atoms with van der Waals surface area (Å²) in [5.74, 6) is -1.88. The molecule has 0 heterocycles. The molecule has 0 fully saturated rings. The van der Waals surface area contributed by atoms with Crippen molar-refractivity contribution < 1.29 is 13.2 Å². The molecule has 0 radical (unpaired) electrons. The Bertz CT molecular complexity index is 1020. The van der Waals surface area contributed by atoms with Crippen molar-refractivity contribution in [3.63, 3.8) is 0 Å². The SMILES string of the molecule is NCc1ccc(/C=C/C(c2cc(Cl)c(Cl)c(Cl)c2)C(F)(F)F)c2ccccc12. The van der Waals surface area contributed by atoms with Gasteiger partial charge in [-0.2, -0.15) is 13.2 Å². The van der Waals surface area contributed by atoms with Crippen molar-refractivity contribution in [2.45, 2.75) is 18.6 Å². The summed E-state index contributed by atoms with van der Waals surface area (Å²) in [5.41, 5.74) is 7.27. The topological polar surface area (TPSA) is 26.0 Å². The normalized spacial score (nSPS) is 13.4. The molecule has 146 valence electrons. The minimum atomic E-state index is -4.52. The van der Waals surface area contributed by atoms with Gasteiger partial charge in [0.1, 0.15) is 0 Å². The third kappa shape index (κ3) is 4.31. The van der Waals surface area contributed by atoms with E-state index >= 15 is 0 Å². The Balaban J connectivity index is 2.08. The van der Waals surface area contributed by atoms with Crippen LogP contribution in [-0.4, -0.2) is 6.18 Å². The Labute approximate surface area is 175 Å². The summed E-state index contributed by atoms with van der Waals surface area (Å²) in [6, 6.07) is 13.4. The van der Waals surface area contributed by atoms with E-state index in [1.54, 1.807) is 6.07 Å². The van der Waals surface area contributed by atoms with Crippen molar-refractivity contribution in [3.8, 4) is 0 Å². The highest BCUT2D eigenvalue weighted by Gasteiger charge is 2.39. The van der Waals surface area contributed by atoms with E-state index in [0.29, 0.717) is 12.1 Å². The van der Waals surface area contributed by atoms with Gasteiger partial charge in [0.25, 0.3) is 0 Å². The number of halogens is 6. The van der Waals surface area contributed by atoms with Gasteiger partial charge in [0.05, 0.1) is 21.0 Å². The molecule has 0 saturated heterocycles. The van der Waals surface area contributed by atoms with Gasteiger partial charge in [-0.1, -0.05) is 83.4 Å². The van der Waals surface area contributed by atoms with Gasteiger partial charge in [-0.05, 0) is 39.6 Å². The lowest BCUT2D eigenvalue weighted by Crippen LogP contribution is -2.19. The first-order valence-corrected chi connectivity index (χ1v) is 9.46. The summed E-state index contributed by atoms with van der Waals surface area (Å²) < 4.78 is 41.2. The highest BCUT2D eigenvalue weighted by Crippen LogP contribution is 2.41. The van der Waals surface area contributed by atoms with E-state index in [0.717, 1.165) is 22.4 Å². The molecule has 0 aliphatic rings. The average Bonchev–Trinajstić information content (AvgIpc) is 2.65. The fourth-order valence-corrected chi connectivity index (χ4v) is 3.68.